The minimum absolute atomic E-state index is 0. The van der Waals surface area contributed by atoms with Crippen LogP contribution >= 0.6 is 15.8 Å². The molecule has 422 valence electrons. The van der Waals surface area contributed by atoms with Crippen LogP contribution in [0.25, 0.3) is 32.7 Å². The summed E-state index contributed by atoms with van der Waals surface area (Å²) in [5.41, 5.74) is -2.43. The SMILES string of the molecule is O=S(=O)([O-])c1cccc(P(Cc2cc(S(=O)(=O)[O-])c3ccc(S(=O)(=O)[O-])cc3c2-c2c(CP(c3cccc(S(=O)(=O)[O-])c3)c3cccc(S(=O)(=O)[O-])c3)cc(S(=O)(=O)[O-])c3ccc(S(=O)(=O)[O-])cc23)c2cccc(S(=O)(=O)[O-])c2)c1.[K+].[K+].[K+].[K+].[K+].[K+].[K+].[K+]. The van der Waals surface area contributed by atoms with Crippen LogP contribution in [-0.4, -0.2) is 104 Å². The predicted molar refractivity (Wildman–Crippen MR) is 276 cm³/mol. The van der Waals surface area contributed by atoms with Crippen molar-refractivity contribution in [3.05, 3.63) is 157 Å². The first kappa shape index (κ1) is 95.5. The molecule has 0 radical (unpaired) electrons. The van der Waals surface area contributed by atoms with E-state index in [9.17, 15) is 104 Å². The molecule has 0 aliphatic heterocycles. The molecular weight excluding hydrogens is 1570 g/mol. The van der Waals surface area contributed by atoms with E-state index in [0.717, 1.165) is 72.8 Å². The Morgan fingerprint density at radius 2 is 0.466 bits per heavy atom. The second-order valence-electron chi connectivity index (χ2n) is 17.0. The van der Waals surface area contributed by atoms with Crippen LogP contribution in [0.1, 0.15) is 11.1 Å². The van der Waals surface area contributed by atoms with Gasteiger partial charge in [-0.3, -0.25) is 0 Å². The Balaban J connectivity index is 0.00000946. The Kier molecular flexibility index (Phi) is 41.2. The van der Waals surface area contributed by atoms with E-state index in [4.69, 9.17) is 0 Å². The predicted octanol–water partition coefficient (Wildman–Crippen LogP) is -21.8. The van der Waals surface area contributed by atoms with Gasteiger partial charge in [-0.2, -0.15) is 0 Å². The van der Waals surface area contributed by atoms with Crippen molar-refractivity contribution in [1.29, 1.82) is 0 Å². The molecule has 0 fully saturated rings. The minimum Gasteiger partial charge on any atom is -0.744 e. The second-order valence-corrected chi connectivity index (χ2v) is 32.4. The zero-order valence-corrected chi connectivity index (χ0v) is 80.5. The van der Waals surface area contributed by atoms with Gasteiger partial charge in [0, 0.05) is 12.3 Å². The van der Waals surface area contributed by atoms with Crippen LogP contribution in [0.15, 0.2) is 185 Å². The molecule has 0 bridgehead atoms. The number of benzene rings is 8. The van der Waals surface area contributed by atoms with Crippen LogP contribution in [0.3, 0.4) is 0 Å². The molecule has 42 heteroatoms. The summed E-state index contributed by atoms with van der Waals surface area (Å²) < 4.78 is 308. The minimum atomic E-state index is -5.84. The van der Waals surface area contributed by atoms with E-state index in [1.165, 1.54) is 24.3 Å². The largest absolute Gasteiger partial charge is 1.00 e. The summed E-state index contributed by atoms with van der Waals surface area (Å²) in [4.78, 5) is -8.43. The molecule has 0 heterocycles. The van der Waals surface area contributed by atoms with Crippen LogP contribution < -0.4 is 432 Å². The first-order valence-corrected chi connectivity index (χ1v) is 35.9. The van der Waals surface area contributed by atoms with Crippen molar-refractivity contribution in [1.82, 2.24) is 0 Å². The number of hydrogen-bond donors (Lipinski definition) is 0. The third-order valence-electron chi connectivity index (χ3n) is 12.0. The van der Waals surface area contributed by atoms with Crippen molar-refractivity contribution in [2.75, 3.05) is 0 Å². The molecule has 8 aromatic carbocycles. The molecule has 0 saturated carbocycles. The summed E-state index contributed by atoms with van der Waals surface area (Å²) in [5, 5.41) is -3.83. The summed E-state index contributed by atoms with van der Waals surface area (Å²) in [6.07, 6.45) is -1.77. The summed E-state index contributed by atoms with van der Waals surface area (Å²) >= 11 is 0. The van der Waals surface area contributed by atoms with Crippen LogP contribution in [0, 0.1) is 0 Å². The normalized spacial score (nSPS) is 12.2. The quantitative estimate of drug-likeness (QED) is 0.0464. The van der Waals surface area contributed by atoms with Crippen molar-refractivity contribution in [2.45, 2.75) is 51.5 Å². The van der Waals surface area contributed by atoms with E-state index in [1.54, 1.807) is 0 Å². The fourth-order valence-corrected chi connectivity index (χ4v) is 18.3. The molecule has 0 spiro atoms. The molecule has 8 rings (SSSR count). The molecule has 24 nitrogen and oxygen atoms in total. The van der Waals surface area contributed by atoms with E-state index in [1.807, 2.05) is 0 Å². The number of hydrogen-bond acceptors (Lipinski definition) is 24. The molecule has 0 aromatic heterocycles. The van der Waals surface area contributed by atoms with Crippen LogP contribution in [-0.2, 0) is 93.3 Å². The van der Waals surface area contributed by atoms with Crippen LogP contribution in [0.2, 0.25) is 0 Å². The second kappa shape index (κ2) is 38.0. The maximum atomic E-state index is 13.4. The molecule has 0 amide bonds. The van der Waals surface area contributed by atoms with Gasteiger partial charge in [-0.05, 0) is 166 Å². The van der Waals surface area contributed by atoms with Crippen LogP contribution in [0.4, 0.5) is 0 Å². The zero-order chi connectivity index (χ0) is 59.1. The van der Waals surface area contributed by atoms with Crippen molar-refractivity contribution < 1.29 is 515 Å². The van der Waals surface area contributed by atoms with E-state index in [0.29, 0.717) is 48.5 Å². The molecule has 0 N–H and O–H groups in total. The van der Waals surface area contributed by atoms with Crippen LogP contribution in [0.5, 0.6) is 0 Å². The van der Waals surface area contributed by atoms with Gasteiger partial charge in [0.15, 0.2) is 0 Å². The van der Waals surface area contributed by atoms with Gasteiger partial charge < -0.3 is 36.4 Å². The van der Waals surface area contributed by atoms with Crippen molar-refractivity contribution in [2.24, 2.45) is 0 Å². The summed E-state index contributed by atoms with van der Waals surface area (Å²) in [6, 6.07) is 20.4. The van der Waals surface area contributed by atoms with Gasteiger partial charge in [-0.15, -0.1) is 0 Å². The summed E-state index contributed by atoms with van der Waals surface area (Å²) in [5.74, 6) is 0. The fraction of sp³-hybridized carbons (Fsp3) is 0.0435. The summed E-state index contributed by atoms with van der Waals surface area (Å²) in [6.45, 7) is 0. The Morgan fingerprint density at radius 3 is 0.670 bits per heavy atom. The maximum absolute atomic E-state index is 13.4. The van der Waals surface area contributed by atoms with Gasteiger partial charge in [0.1, 0.15) is 80.9 Å². The van der Waals surface area contributed by atoms with Gasteiger partial charge in [-0.25, -0.2) is 67.3 Å². The topological polar surface area (TPSA) is 458 Å². The van der Waals surface area contributed by atoms with Crippen molar-refractivity contribution >= 4 is 140 Å². The molecule has 0 aliphatic carbocycles. The monoisotopic (exact) mass is 1590 g/mol. The molecule has 8 aromatic rings. The Bertz CT molecular complexity index is 4480. The van der Waals surface area contributed by atoms with Gasteiger partial charge in [0.05, 0.1) is 39.2 Å². The van der Waals surface area contributed by atoms with Crippen molar-refractivity contribution in [3.63, 3.8) is 0 Å². The van der Waals surface area contributed by atoms with Gasteiger partial charge in [0.2, 0.25) is 0 Å². The van der Waals surface area contributed by atoms with Crippen molar-refractivity contribution in [3.8, 4) is 11.1 Å². The third kappa shape index (κ3) is 24.3. The van der Waals surface area contributed by atoms with Gasteiger partial charge >= 0.3 is 411 Å². The van der Waals surface area contributed by atoms with Gasteiger partial charge in [-0.1, -0.05) is 60.7 Å². The molecule has 88 heavy (non-hydrogen) atoms. The smallest absolute Gasteiger partial charge is 0.744 e. The van der Waals surface area contributed by atoms with E-state index < -0.39 is 192 Å². The first-order valence-electron chi connectivity index (χ1n) is 21.5. The number of rotatable bonds is 17. The Morgan fingerprint density at radius 1 is 0.250 bits per heavy atom. The number of fused-ring (bicyclic) bond motifs is 2. The fourth-order valence-electron chi connectivity index (χ4n) is 8.65. The molecular formula is C46H28K8O24P2S8. The first-order chi connectivity index (χ1) is 36.7. The molecule has 0 aliphatic rings. The van der Waals surface area contributed by atoms with E-state index in [2.05, 4.69) is 0 Å². The molecule has 0 atom stereocenters. The summed E-state index contributed by atoms with van der Waals surface area (Å²) in [7, 11) is -49.7. The molecule has 0 saturated heterocycles. The van der Waals surface area contributed by atoms with E-state index >= 15 is 0 Å². The van der Waals surface area contributed by atoms with E-state index in [-0.39, 0.29) is 432 Å². The Labute approximate surface area is 850 Å². The maximum Gasteiger partial charge on any atom is 1.00 e. The van der Waals surface area contributed by atoms with Gasteiger partial charge in [0.25, 0.3) is 0 Å². The zero-order valence-electron chi connectivity index (χ0n) is 47.2. The third-order valence-corrected chi connectivity index (χ3v) is 23.7. The molecule has 0 unspecified atom stereocenters. The Hall–Kier alpha value is 7.51. The average Bonchev–Trinajstić information content (AvgIpc) is 0.737. The standard InChI is InChI=1S/C46H36O24P2S8.8K/c47-73(48,49)33-9-1-5-29(19-33)71(30-6-2-10-34(20-30)74(50,51)52)25-27-17-43(79(65,66)67)39-15-13-37(77(59,60)61)23-41(39)45(27)46-28(18-44(80(68,69)70)40-16-14-38(24-42(40)46)78(62,63)64)26-72(31-7-3-11-35(21-31)75(53,54)55)32-8-4-12-36(22-32)76(56,57)58;;;;;;;;/h1-24H,25-26H2,(H,47,48,49)(H,50,51,52)(H,53,54,55)(H,56,57,58)(H,59,60,61)(H,62,63,64)(H,65,66,67)(H,68,69,70);;;;;;;;/q;8*+1/p-8. The average molecular weight is 1600 g/mol.